The fourth-order valence-electron chi connectivity index (χ4n) is 1.85. The molecule has 1 nitrogen and oxygen atoms in total. The molecule has 0 amide bonds. The van der Waals surface area contributed by atoms with Crippen LogP contribution in [0, 0.1) is 0 Å². The molecule has 12 heavy (non-hydrogen) atoms. The van der Waals surface area contributed by atoms with E-state index in [0.717, 1.165) is 12.1 Å². The quantitative estimate of drug-likeness (QED) is 0.676. The summed E-state index contributed by atoms with van der Waals surface area (Å²) >= 11 is 3.56. The number of nitrogens with two attached hydrogens (primary N) is 1. The first-order valence-electron chi connectivity index (χ1n) is 4.35. The fraction of sp³-hybridized carbons (Fsp3) is 0.400. The molecule has 0 unspecified atom stereocenters. The molecule has 1 aliphatic carbocycles. The first kappa shape index (κ1) is 8.11. The number of halogens is 1. The maximum absolute atomic E-state index is 5.89. The van der Waals surface area contributed by atoms with E-state index in [1.165, 1.54) is 34.9 Å². The largest absolute Gasteiger partial charge is 0.398 e. The monoisotopic (exact) mass is 225 g/mol. The van der Waals surface area contributed by atoms with E-state index in [2.05, 4.69) is 22.0 Å². The van der Waals surface area contributed by atoms with E-state index >= 15 is 0 Å². The van der Waals surface area contributed by atoms with Crippen molar-refractivity contribution in [2.75, 3.05) is 5.73 Å². The minimum absolute atomic E-state index is 0.966. The zero-order valence-electron chi connectivity index (χ0n) is 6.94. The minimum atomic E-state index is 0.966. The van der Waals surface area contributed by atoms with Gasteiger partial charge in [0.15, 0.2) is 0 Å². The Labute approximate surface area is 81.1 Å². The lowest BCUT2D eigenvalue weighted by atomic mass is 9.91. The van der Waals surface area contributed by atoms with Crippen LogP contribution in [0.25, 0.3) is 0 Å². The number of benzene rings is 1. The normalized spacial score (nSPS) is 15.8. The van der Waals surface area contributed by atoms with Crippen molar-refractivity contribution in [3.8, 4) is 0 Å². The Morgan fingerprint density at radius 3 is 2.42 bits per heavy atom. The summed E-state index contributed by atoms with van der Waals surface area (Å²) in [6.07, 6.45) is 4.92. The molecule has 1 aliphatic rings. The van der Waals surface area contributed by atoms with E-state index in [1.807, 2.05) is 6.07 Å². The lowest BCUT2D eigenvalue weighted by Crippen LogP contribution is -2.06. The molecule has 0 bridgehead atoms. The standard InChI is InChI=1S/C10H12BrN/c11-9-5-6-10(12)8-4-2-1-3-7(8)9/h5-6H,1-4,12H2. The summed E-state index contributed by atoms with van der Waals surface area (Å²) in [5, 5.41) is 0. The van der Waals surface area contributed by atoms with E-state index in [9.17, 15) is 0 Å². The van der Waals surface area contributed by atoms with Crippen LogP contribution in [0.3, 0.4) is 0 Å². The highest BCUT2D eigenvalue weighted by Gasteiger charge is 2.13. The summed E-state index contributed by atoms with van der Waals surface area (Å²) in [4.78, 5) is 0. The first-order valence-corrected chi connectivity index (χ1v) is 5.14. The molecule has 64 valence electrons. The van der Waals surface area contributed by atoms with Gasteiger partial charge in [-0.3, -0.25) is 0 Å². The highest BCUT2D eigenvalue weighted by atomic mass is 79.9. The lowest BCUT2D eigenvalue weighted by molar-refractivity contribution is 0.685. The second-order valence-corrected chi connectivity index (χ2v) is 4.16. The molecule has 0 atom stereocenters. The van der Waals surface area contributed by atoms with Crippen LogP contribution in [0.5, 0.6) is 0 Å². The van der Waals surface area contributed by atoms with Gasteiger partial charge in [0.1, 0.15) is 0 Å². The fourth-order valence-corrected chi connectivity index (χ4v) is 2.42. The van der Waals surface area contributed by atoms with Crippen molar-refractivity contribution in [1.82, 2.24) is 0 Å². The molecule has 1 aromatic carbocycles. The van der Waals surface area contributed by atoms with Crippen molar-refractivity contribution in [3.05, 3.63) is 27.7 Å². The van der Waals surface area contributed by atoms with Crippen LogP contribution in [0.4, 0.5) is 5.69 Å². The van der Waals surface area contributed by atoms with Crippen molar-refractivity contribution in [1.29, 1.82) is 0 Å². The van der Waals surface area contributed by atoms with E-state index in [1.54, 1.807) is 0 Å². The van der Waals surface area contributed by atoms with Gasteiger partial charge in [-0.25, -0.2) is 0 Å². The summed E-state index contributed by atoms with van der Waals surface area (Å²) in [7, 11) is 0. The third kappa shape index (κ3) is 1.24. The van der Waals surface area contributed by atoms with Crippen molar-refractivity contribution in [3.63, 3.8) is 0 Å². The average molecular weight is 226 g/mol. The zero-order valence-corrected chi connectivity index (χ0v) is 8.52. The van der Waals surface area contributed by atoms with Gasteiger partial charge in [-0.1, -0.05) is 15.9 Å². The molecule has 0 saturated heterocycles. The molecule has 0 radical (unpaired) electrons. The minimum Gasteiger partial charge on any atom is -0.398 e. The van der Waals surface area contributed by atoms with Crippen molar-refractivity contribution >= 4 is 21.6 Å². The molecule has 2 rings (SSSR count). The second kappa shape index (κ2) is 3.09. The first-order chi connectivity index (χ1) is 5.79. The van der Waals surface area contributed by atoms with E-state index < -0.39 is 0 Å². The lowest BCUT2D eigenvalue weighted by Gasteiger charge is -2.18. The summed E-state index contributed by atoms with van der Waals surface area (Å²) < 4.78 is 1.23. The highest BCUT2D eigenvalue weighted by Crippen LogP contribution is 2.31. The molecule has 0 fully saturated rings. The summed E-state index contributed by atoms with van der Waals surface area (Å²) in [5.41, 5.74) is 9.66. The van der Waals surface area contributed by atoms with E-state index in [0.29, 0.717) is 0 Å². The van der Waals surface area contributed by atoms with Crippen LogP contribution >= 0.6 is 15.9 Å². The van der Waals surface area contributed by atoms with E-state index in [-0.39, 0.29) is 0 Å². The Balaban J connectivity index is 2.57. The Morgan fingerprint density at radius 1 is 1.08 bits per heavy atom. The van der Waals surface area contributed by atoms with Gasteiger partial charge in [-0.15, -0.1) is 0 Å². The third-order valence-corrected chi connectivity index (χ3v) is 3.26. The molecule has 2 heteroatoms. The second-order valence-electron chi connectivity index (χ2n) is 3.30. The molecule has 1 aromatic rings. The predicted octanol–water partition coefficient (Wildman–Crippen LogP) is 2.91. The van der Waals surface area contributed by atoms with Crippen LogP contribution in [0.2, 0.25) is 0 Å². The summed E-state index contributed by atoms with van der Waals surface area (Å²) in [6.45, 7) is 0. The van der Waals surface area contributed by atoms with Crippen molar-refractivity contribution in [2.24, 2.45) is 0 Å². The van der Waals surface area contributed by atoms with Gasteiger partial charge < -0.3 is 5.73 Å². The number of fused-ring (bicyclic) bond motifs is 1. The maximum Gasteiger partial charge on any atom is 0.0350 e. The Morgan fingerprint density at radius 2 is 1.75 bits per heavy atom. The number of rotatable bonds is 0. The number of nitrogen functional groups attached to an aromatic ring is 1. The van der Waals surface area contributed by atoms with Gasteiger partial charge >= 0.3 is 0 Å². The van der Waals surface area contributed by atoms with Gasteiger partial charge in [0.25, 0.3) is 0 Å². The molecule has 0 saturated carbocycles. The summed E-state index contributed by atoms with van der Waals surface area (Å²) in [5.74, 6) is 0. The Hall–Kier alpha value is -0.500. The SMILES string of the molecule is Nc1ccc(Br)c2c1CCCC2. The number of anilines is 1. The molecule has 2 N–H and O–H groups in total. The van der Waals surface area contributed by atoms with Gasteiger partial charge in [0.05, 0.1) is 0 Å². The van der Waals surface area contributed by atoms with Crippen LogP contribution in [-0.2, 0) is 12.8 Å². The van der Waals surface area contributed by atoms with E-state index in [4.69, 9.17) is 5.73 Å². The molecular formula is C10H12BrN. The Kier molecular flexibility index (Phi) is 2.09. The number of hydrogen-bond acceptors (Lipinski definition) is 1. The van der Waals surface area contributed by atoms with Crippen molar-refractivity contribution < 1.29 is 0 Å². The maximum atomic E-state index is 5.89. The molecular weight excluding hydrogens is 214 g/mol. The third-order valence-electron chi connectivity index (χ3n) is 2.51. The zero-order chi connectivity index (χ0) is 8.55. The predicted molar refractivity (Wildman–Crippen MR) is 55.2 cm³/mol. The average Bonchev–Trinajstić information content (AvgIpc) is 2.12. The van der Waals surface area contributed by atoms with Crippen LogP contribution in [0.1, 0.15) is 24.0 Å². The highest BCUT2D eigenvalue weighted by molar-refractivity contribution is 9.10. The van der Waals surface area contributed by atoms with Gasteiger partial charge in [-0.2, -0.15) is 0 Å². The molecule has 0 aromatic heterocycles. The van der Waals surface area contributed by atoms with Crippen LogP contribution < -0.4 is 5.73 Å². The summed E-state index contributed by atoms with van der Waals surface area (Å²) in [6, 6.07) is 4.05. The Bertz CT molecular complexity index is 276. The molecule has 0 aliphatic heterocycles. The van der Waals surface area contributed by atoms with Gasteiger partial charge in [0.2, 0.25) is 0 Å². The van der Waals surface area contributed by atoms with Crippen molar-refractivity contribution in [2.45, 2.75) is 25.7 Å². The molecule has 0 heterocycles. The molecule has 0 spiro atoms. The van der Waals surface area contributed by atoms with Crippen LogP contribution in [-0.4, -0.2) is 0 Å². The van der Waals surface area contributed by atoms with Gasteiger partial charge in [0, 0.05) is 10.2 Å². The van der Waals surface area contributed by atoms with Gasteiger partial charge in [-0.05, 0) is 48.9 Å². The topological polar surface area (TPSA) is 26.0 Å². The number of hydrogen-bond donors (Lipinski definition) is 1. The van der Waals surface area contributed by atoms with Crippen LogP contribution in [0.15, 0.2) is 16.6 Å². The smallest absolute Gasteiger partial charge is 0.0350 e.